The first kappa shape index (κ1) is 25.7. The van der Waals surface area contributed by atoms with Crippen LogP contribution in [0.25, 0.3) is 11.1 Å². The van der Waals surface area contributed by atoms with Crippen LogP contribution in [0.3, 0.4) is 0 Å². The Morgan fingerprint density at radius 2 is 1.42 bits per heavy atom. The van der Waals surface area contributed by atoms with E-state index in [0.29, 0.717) is 0 Å². The van der Waals surface area contributed by atoms with Crippen LogP contribution in [-0.4, -0.2) is 0 Å². The summed E-state index contributed by atoms with van der Waals surface area (Å²) in [7, 11) is 0. The summed E-state index contributed by atoms with van der Waals surface area (Å²) in [5.41, 5.74) is 9.77. The third kappa shape index (κ3) is 7.54. The van der Waals surface area contributed by atoms with Gasteiger partial charge in [0.2, 0.25) is 0 Å². The Balaban J connectivity index is 2.20. The van der Waals surface area contributed by atoms with Gasteiger partial charge in [-0.15, -0.1) is 5.73 Å². The van der Waals surface area contributed by atoms with Crippen molar-refractivity contribution < 1.29 is 0 Å². The molecule has 0 aromatic heterocycles. The summed E-state index contributed by atoms with van der Waals surface area (Å²) in [5, 5.41) is 0. The molecule has 166 valence electrons. The Hall–Kier alpha value is -3.51. The summed E-state index contributed by atoms with van der Waals surface area (Å²) in [6.45, 7) is 18.0. The Labute approximate surface area is 204 Å². The van der Waals surface area contributed by atoms with E-state index in [1.54, 1.807) is 17.8 Å². The molecule has 0 radical (unpaired) electrons. The van der Waals surface area contributed by atoms with E-state index >= 15 is 0 Å². The van der Waals surface area contributed by atoms with E-state index in [0.717, 1.165) is 33.4 Å². The lowest BCUT2D eigenvalue weighted by Gasteiger charge is -2.10. The van der Waals surface area contributed by atoms with E-state index in [-0.39, 0.29) is 0 Å². The van der Waals surface area contributed by atoms with Crippen molar-refractivity contribution in [2.75, 3.05) is 0 Å². The SMILES string of the molecule is C=C/C=C\C(=C/C)C(=C)c1ccc(Sc2ccc(C(=C=CC)/C(C=C)=C/C=C\C)cc2)cc1. The first-order valence-electron chi connectivity index (χ1n) is 11.0. The van der Waals surface area contributed by atoms with Gasteiger partial charge in [0.25, 0.3) is 0 Å². The van der Waals surface area contributed by atoms with Crippen molar-refractivity contribution in [2.45, 2.75) is 30.6 Å². The summed E-state index contributed by atoms with van der Waals surface area (Å²) in [6.07, 6.45) is 17.7. The van der Waals surface area contributed by atoms with Gasteiger partial charge in [0, 0.05) is 15.4 Å². The number of rotatable bonds is 10. The number of hydrogen-bond donors (Lipinski definition) is 0. The topological polar surface area (TPSA) is 0 Å². The van der Waals surface area contributed by atoms with Gasteiger partial charge >= 0.3 is 0 Å². The van der Waals surface area contributed by atoms with Gasteiger partial charge < -0.3 is 0 Å². The van der Waals surface area contributed by atoms with Crippen LogP contribution in [-0.2, 0) is 0 Å². The maximum absolute atomic E-state index is 4.26. The van der Waals surface area contributed by atoms with Crippen LogP contribution in [0.4, 0.5) is 0 Å². The van der Waals surface area contributed by atoms with Crippen molar-refractivity contribution in [2.24, 2.45) is 0 Å². The third-order valence-corrected chi connectivity index (χ3v) is 5.93. The zero-order valence-electron chi connectivity index (χ0n) is 19.8. The van der Waals surface area contributed by atoms with Gasteiger partial charge in [-0.3, -0.25) is 0 Å². The molecule has 0 atom stereocenters. The van der Waals surface area contributed by atoms with Crippen LogP contribution in [0.5, 0.6) is 0 Å². The standard InChI is InChI=1S/C32H32S/c1-7-12-15-26(10-4)25(6)28-17-21-30(22-18-28)33-31-23-19-29(20-24-31)32(14-9-3)27(11-5)16-13-8-2/h7-13,15-24H,1,5-6H2,2-4H3/b13-8-,15-12-,26-10+,27-16+. The summed E-state index contributed by atoms with van der Waals surface area (Å²) in [5.74, 6) is 0. The molecule has 0 nitrogen and oxygen atoms in total. The second kappa shape index (κ2) is 13.8. The predicted molar refractivity (Wildman–Crippen MR) is 149 cm³/mol. The average molecular weight is 449 g/mol. The predicted octanol–water partition coefficient (Wildman–Crippen LogP) is 9.79. The maximum atomic E-state index is 4.26. The number of benzene rings is 2. The highest BCUT2D eigenvalue weighted by molar-refractivity contribution is 7.99. The molecule has 0 unspecified atom stereocenters. The van der Waals surface area contributed by atoms with Gasteiger partial charge in [-0.05, 0) is 79.0 Å². The third-order valence-electron chi connectivity index (χ3n) is 4.92. The highest BCUT2D eigenvalue weighted by atomic mass is 32.2. The molecule has 33 heavy (non-hydrogen) atoms. The van der Waals surface area contributed by atoms with Crippen molar-refractivity contribution in [3.63, 3.8) is 0 Å². The molecule has 2 rings (SSSR count). The van der Waals surface area contributed by atoms with E-state index in [2.05, 4.69) is 86.2 Å². The van der Waals surface area contributed by atoms with Gasteiger partial charge in [-0.2, -0.15) is 0 Å². The van der Waals surface area contributed by atoms with Crippen LogP contribution >= 0.6 is 11.8 Å². The minimum atomic E-state index is 1.00. The lowest BCUT2D eigenvalue weighted by Crippen LogP contribution is -1.87. The Morgan fingerprint density at radius 3 is 1.91 bits per heavy atom. The van der Waals surface area contributed by atoms with E-state index in [9.17, 15) is 0 Å². The molecule has 0 saturated carbocycles. The molecule has 0 aliphatic rings. The Morgan fingerprint density at radius 1 is 0.818 bits per heavy atom. The average Bonchev–Trinajstić information content (AvgIpc) is 2.85. The highest BCUT2D eigenvalue weighted by Crippen LogP contribution is 2.32. The van der Waals surface area contributed by atoms with Gasteiger partial charge in [0.15, 0.2) is 0 Å². The monoisotopic (exact) mass is 448 g/mol. The molecule has 0 bridgehead atoms. The van der Waals surface area contributed by atoms with Crippen LogP contribution in [0.2, 0.25) is 0 Å². The quantitative estimate of drug-likeness (QED) is 0.257. The first-order valence-corrected chi connectivity index (χ1v) is 11.8. The molecule has 0 spiro atoms. The molecular weight excluding hydrogens is 416 g/mol. The number of allylic oxidation sites excluding steroid dienone is 12. The minimum Gasteiger partial charge on any atom is -0.116 e. The largest absolute Gasteiger partial charge is 0.116 e. The molecule has 0 saturated heterocycles. The maximum Gasteiger partial charge on any atom is 0.0305 e. The molecule has 0 fully saturated rings. The van der Waals surface area contributed by atoms with E-state index in [1.165, 1.54) is 9.79 Å². The second-order valence-electron chi connectivity index (χ2n) is 7.13. The smallest absolute Gasteiger partial charge is 0.0305 e. The molecule has 2 aromatic carbocycles. The van der Waals surface area contributed by atoms with Gasteiger partial charge in [-0.25, -0.2) is 0 Å². The lowest BCUT2D eigenvalue weighted by molar-refractivity contribution is 1.38. The normalized spacial score (nSPS) is 12.0. The van der Waals surface area contributed by atoms with Crippen molar-refractivity contribution in [3.05, 3.63) is 151 Å². The Bertz CT molecular complexity index is 1150. The summed E-state index contributed by atoms with van der Waals surface area (Å²) < 4.78 is 0. The molecule has 0 aliphatic carbocycles. The molecule has 1 heteroatoms. The van der Waals surface area contributed by atoms with E-state index in [4.69, 9.17) is 0 Å². The van der Waals surface area contributed by atoms with Crippen molar-refractivity contribution in [3.8, 4) is 0 Å². The summed E-state index contributed by atoms with van der Waals surface area (Å²) >= 11 is 1.74. The van der Waals surface area contributed by atoms with Crippen LogP contribution in [0.15, 0.2) is 150 Å². The van der Waals surface area contributed by atoms with Crippen molar-refractivity contribution in [1.29, 1.82) is 0 Å². The van der Waals surface area contributed by atoms with Crippen LogP contribution < -0.4 is 0 Å². The molecule has 0 aliphatic heterocycles. The second-order valence-corrected chi connectivity index (χ2v) is 8.28. The fraction of sp³-hybridized carbons (Fsp3) is 0.0938. The number of hydrogen-bond acceptors (Lipinski definition) is 1. The van der Waals surface area contributed by atoms with Gasteiger partial charge in [0.1, 0.15) is 0 Å². The van der Waals surface area contributed by atoms with Gasteiger partial charge in [-0.1, -0.05) is 104 Å². The fourth-order valence-electron chi connectivity index (χ4n) is 3.19. The molecule has 2 aromatic rings. The molecule has 0 heterocycles. The summed E-state index contributed by atoms with van der Waals surface area (Å²) in [6, 6.07) is 17.1. The van der Waals surface area contributed by atoms with Crippen molar-refractivity contribution in [1.82, 2.24) is 0 Å². The Kier molecular flexibility index (Phi) is 10.8. The highest BCUT2D eigenvalue weighted by Gasteiger charge is 2.07. The molecule has 0 N–H and O–H groups in total. The summed E-state index contributed by atoms with van der Waals surface area (Å²) in [4.78, 5) is 2.37. The van der Waals surface area contributed by atoms with Crippen LogP contribution in [0.1, 0.15) is 31.9 Å². The first-order chi connectivity index (χ1) is 16.1. The fourth-order valence-corrected chi connectivity index (χ4v) is 4.01. The van der Waals surface area contributed by atoms with E-state index < -0.39 is 0 Å². The van der Waals surface area contributed by atoms with E-state index in [1.807, 2.05) is 57.2 Å². The zero-order chi connectivity index (χ0) is 24.1. The van der Waals surface area contributed by atoms with Gasteiger partial charge in [0.05, 0.1) is 0 Å². The van der Waals surface area contributed by atoms with Crippen LogP contribution in [0, 0.1) is 0 Å². The lowest BCUT2D eigenvalue weighted by atomic mass is 9.98. The molecule has 0 amide bonds. The van der Waals surface area contributed by atoms with Crippen molar-refractivity contribution >= 4 is 22.9 Å². The minimum absolute atomic E-state index is 1.00. The zero-order valence-corrected chi connectivity index (χ0v) is 20.7. The molecular formula is C32H32S.